The first-order valence-corrected chi connectivity index (χ1v) is 6.87. The maximum atomic E-state index is 14.0. The van der Waals surface area contributed by atoms with Crippen LogP contribution in [0.25, 0.3) is 0 Å². The molecule has 0 saturated heterocycles. The van der Waals surface area contributed by atoms with Crippen LogP contribution >= 0.6 is 15.9 Å². The second-order valence-electron chi connectivity index (χ2n) is 4.18. The lowest BCUT2D eigenvalue weighted by Crippen LogP contribution is -2.02. The van der Waals surface area contributed by atoms with Crippen molar-refractivity contribution in [2.24, 2.45) is 5.73 Å². The second-order valence-corrected chi connectivity index (χ2v) is 5.03. The number of nitrogens with two attached hydrogens (primary N) is 1. The van der Waals surface area contributed by atoms with Gasteiger partial charge in [0.25, 0.3) is 0 Å². The van der Waals surface area contributed by atoms with Crippen molar-refractivity contribution in [1.82, 2.24) is 0 Å². The second kappa shape index (κ2) is 6.72. The minimum atomic E-state index is -0.397. The fourth-order valence-corrected chi connectivity index (χ4v) is 2.19. The van der Waals surface area contributed by atoms with Gasteiger partial charge in [-0.05, 0) is 29.8 Å². The van der Waals surface area contributed by atoms with Crippen LogP contribution in [0.4, 0.5) is 4.39 Å². The summed E-state index contributed by atoms with van der Waals surface area (Å²) in [5.74, 6) is 0.464. The van der Waals surface area contributed by atoms with Gasteiger partial charge in [-0.15, -0.1) is 0 Å². The zero-order valence-corrected chi connectivity index (χ0v) is 12.6. The highest BCUT2D eigenvalue weighted by Crippen LogP contribution is 2.24. The predicted octanol–water partition coefficient (Wildman–Crippen LogP) is 3.63. The van der Waals surface area contributed by atoms with E-state index in [4.69, 9.17) is 15.2 Å². The van der Waals surface area contributed by atoms with Crippen LogP contribution in [0.1, 0.15) is 11.1 Å². The van der Waals surface area contributed by atoms with E-state index >= 15 is 0 Å². The molecule has 0 heterocycles. The standard InChI is InChI=1S/C15H15BrFNO2/c1-19-14-4-2-3-10(15(14)17)9-20-12-5-6-13(16)11(7-12)8-18/h2-7H,8-9,18H2,1H3. The summed E-state index contributed by atoms with van der Waals surface area (Å²) in [7, 11) is 1.44. The van der Waals surface area contributed by atoms with Crippen molar-refractivity contribution in [2.45, 2.75) is 13.2 Å². The molecular weight excluding hydrogens is 325 g/mol. The van der Waals surface area contributed by atoms with E-state index in [1.54, 1.807) is 24.3 Å². The molecule has 0 atom stereocenters. The van der Waals surface area contributed by atoms with E-state index in [0.717, 1.165) is 10.0 Å². The maximum Gasteiger partial charge on any atom is 0.171 e. The lowest BCUT2D eigenvalue weighted by Gasteiger charge is -2.11. The summed E-state index contributed by atoms with van der Waals surface area (Å²) in [5.41, 5.74) is 7.01. The summed E-state index contributed by atoms with van der Waals surface area (Å²) in [6, 6.07) is 10.5. The van der Waals surface area contributed by atoms with Crippen molar-refractivity contribution in [3.05, 3.63) is 57.8 Å². The van der Waals surface area contributed by atoms with Crippen molar-refractivity contribution < 1.29 is 13.9 Å². The van der Waals surface area contributed by atoms with E-state index in [1.807, 2.05) is 12.1 Å². The van der Waals surface area contributed by atoms with Gasteiger partial charge < -0.3 is 15.2 Å². The summed E-state index contributed by atoms with van der Waals surface area (Å²) < 4.78 is 25.4. The summed E-state index contributed by atoms with van der Waals surface area (Å²) >= 11 is 3.41. The van der Waals surface area contributed by atoms with Crippen LogP contribution in [0, 0.1) is 5.82 Å². The van der Waals surface area contributed by atoms with Crippen molar-refractivity contribution in [3.8, 4) is 11.5 Å². The fourth-order valence-electron chi connectivity index (χ4n) is 1.78. The minimum Gasteiger partial charge on any atom is -0.494 e. The molecule has 0 saturated carbocycles. The number of rotatable bonds is 5. The van der Waals surface area contributed by atoms with E-state index in [0.29, 0.717) is 17.9 Å². The van der Waals surface area contributed by atoms with E-state index in [1.165, 1.54) is 7.11 Å². The SMILES string of the molecule is COc1cccc(COc2ccc(Br)c(CN)c2)c1F. The average molecular weight is 340 g/mol. The first-order chi connectivity index (χ1) is 9.65. The van der Waals surface area contributed by atoms with Crippen LogP contribution in [0.3, 0.4) is 0 Å². The highest BCUT2D eigenvalue weighted by molar-refractivity contribution is 9.10. The van der Waals surface area contributed by atoms with Crippen LogP contribution in [0.5, 0.6) is 11.5 Å². The predicted molar refractivity (Wildman–Crippen MR) is 79.3 cm³/mol. The van der Waals surface area contributed by atoms with Gasteiger partial charge in [0.05, 0.1) is 7.11 Å². The normalized spacial score (nSPS) is 10.4. The number of benzene rings is 2. The van der Waals surface area contributed by atoms with Gasteiger partial charge in [-0.2, -0.15) is 0 Å². The third-order valence-electron chi connectivity index (χ3n) is 2.89. The van der Waals surface area contributed by atoms with E-state index in [2.05, 4.69) is 15.9 Å². The Balaban J connectivity index is 2.13. The molecule has 0 aliphatic carbocycles. The molecule has 20 heavy (non-hydrogen) atoms. The van der Waals surface area contributed by atoms with Gasteiger partial charge in [-0.1, -0.05) is 28.1 Å². The van der Waals surface area contributed by atoms with E-state index in [-0.39, 0.29) is 12.4 Å². The summed E-state index contributed by atoms with van der Waals surface area (Å²) in [4.78, 5) is 0. The Kier molecular flexibility index (Phi) is 4.98. The Hall–Kier alpha value is -1.59. The zero-order chi connectivity index (χ0) is 14.5. The molecule has 3 nitrogen and oxygen atoms in total. The molecule has 106 valence electrons. The molecule has 0 aromatic heterocycles. The van der Waals surface area contributed by atoms with Gasteiger partial charge in [-0.25, -0.2) is 4.39 Å². The van der Waals surface area contributed by atoms with Gasteiger partial charge in [0, 0.05) is 16.6 Å². The smallest absolute Gasteiger partial charge is 0.171 e. The van der Waals surface area contributed by atoms with E-state index < -0.39 is 5.82 Å². The van der Waals surface area contributed by atoms with Gasteiger partial charge in [0.1, 0.15) is 12.4 Å². The number of hydrogen-bond acceptors (Lipinski definition) is 3. The summed E-state index contributed by atoms with van der Waals surface area (Å²) in [6.07, 6.45) is 0. The van der Waals surface area contributed by atoms with Crippen LogP contribution in [-0.2, 0) is 13.2 Å². The molecule has 2 rings (SSSR count). The van der Waals surface area contributed by atoms with Crippen LogP contribution in [-0.4, -0.2) is 7.11 Å². The molecule has 0 spiro atoms. The molecule has 0 amide bonds. The zero-order valence-electron chi connectivity index (χ0n) is 11.0. The highest BCUT2D eigenvalue weighted by Gasteiger charge is 2.09. The molecule has 0 aliphatic heterocycles. The molecule has 0 radical (unpaired) electrons. The Morgan fingerprint density at radius 2 is 2.00 bits per heavy atom. The van der Waals surface area contributed by atoms with Gasteiger partial charge in [-0.3, -0.25) is 0 Å². The summed E-state index contributed by atoms with van der Waals surface area (Å²) in [6.45, 7) is 0.542. The van der Waals surface area contributed by atoms with Crippen molar-refractivity contribution >= 4 is 15.9 Å². The van der Waals surface area contributed by atoms with Crippen molar-refractivity contribution in [3.63, 3.8) is 0 Å². The molecule has 2 aromatic rings. The molecule has 0 aliphatic rings. The minimum absolute atomic E-state index is 0.134. The third kappa shape index (κ3) is 3.29. The maximum absolute atomic E-state index is 14.0. The molecule has 2 aromatic carbocycles. The largest absolute Gasteiger partial charge is 0.494 e. The third-order valence-corrected chi connectivity index (χ3v) is 3.67. The molecule has 0 unspecified atom stereocenters. The molecule has 2 N–H and O–H groups in total. The number of ether oxygens (including phenoxy) is 2. The number of hydrogen-bond donors (Lipinski definition) is 1. The molecule has 0 bridgehead atoms. The Morgan fingerprint density at radius 3 is 2.70 bits per heavy atom. The lowest BCUT2D eigenvalue weighted by atomic mass is 10.2. The highest BCUT2D eigenvalue weighted by atomic mass is 79.9. The Morgan fingerprint density at radius 1 is 1.20 bits per heavy atom. The average Bonchev–Trinajstić information content (AvgIpc) is 2.47. The van der Waals surface area contributed by atoms with Crippen molar-refractivity contribution in [2.75, 3.05) is 7.11 Å². The topological polar surface area (TPSA) is 44.5 Å². The van der Waals surface area contributed by atoms with Crippen LogP contribution in [0.15, 0.2) is 40.9 Å². The first kappa shape index (κ1) is 14.8. The van der Waals surface area contributed by atoms with Crippen molar-refractivity contribution in [1.29, 1.82) is 0 Å². The van der Waals surface area contributed by atoms with Crippen LogP contribution < -0.4 is 15.2 Å². The number of halogens is 2. The molecular formula is C15H15BrFNO2. The van der Waals surface area contributed by atoms with Gasteiger partial charge >= 0.3 is 0 Å². The Bertz CT molecular complexity index is 604. The van der Waals surface area contributed by atoms with Crippen LogP contribution in [0.2, 0.25) is 0 Å². The quantitative estimate of drug-likeness (QED) is 0.904. The first-order valence-electron chi connectivity index (χ1n) is 6.08. The summed E-state index contributed by atoms with van der Waals surface area (Å²) in [5, 5.41) is 0. The lowest BCUT2D eigenvalue weighted by molar-refractivity contribution is 0.295. The fraction of sp³-hybridized carbons (Fsp3) is 0.200. The van der Waals surface area contributed by atoms with E-state index in [9.17, 15) is 4.39 Å². The van der Waals surface area contributed by atoms with Gasteiger partial charge in [0.2, 0.25) is 0 Å². The molecule has 5 heteroatoms. The number of methoxy groups -OCH3 is 1. The Labute approximate surface area is 125 Å². The van der Waals surface area contributed by atoms with Gasteiger partial charge in [0.15, 0.2) is 11.6 Å². The monoisotopic (exact) mass is 339 g/mol. The molecule has 0 fully saturated rings.